The van der Waals surface area contributed by atoms with Gasteiger partial charge in [0.2, 0.25) is 0 Å². The number of carbonyl (C=O) groups excluding carboxylic acids is 1. The first kappa shape index (κ1) is 13.7. The van der Waals surface area contributed by atoms with Gasteiger partial charge in [-0.05, 0) is 25.1 Å². The van der Waals surface area contributed by atoms with Gasteiger partial charge in [-0.3, -0.25) is 0 Å². The maximum absolute atomic E-state index is 11.7. The number of methoxy groups -OCH3 is 1. The average Bonchev–Trinajstić information content (AvgIpc) is 2.43. The molecular weight excluding hydrogens is 264 g/mol. The SMILES string of the molecule is CC=Cc1c(O)c2c(C(=O)OC)ccc(O)c2oc1=O. The first-order valence-corrected chi connectivity index (χ1v) is 5.74. The molecule has 0 aliphatic carbocycles. The summed E-state index contributed by atoms with van der Waals surface area (Å²) >= 11 is 0. The number of allylic oxidation sites excluding steroid dienone is 1. The Morgan fingerprint density at radius 2 is 2.05 bits per heavy atom. The van der Waals surface area contributed by atoms with Gasteiger partial charge in [0.25, 0.3) is 0 Å². The minimum Gasteiger partial charge on any atom is -0.506 e. The van der Waals surface area contributed by atoms with E-state index in [1.54, 1.807) is 13.0 Å². The second-order valence-electron chi connectivity index (χ2n) is 3.98. The minimum absolute atomic E-state index is 0.00713. The topological polar surface area (TPSA) is 97.0 Å². The summed E-state index contributed by atoms with van der Waals surface area (Å²) in [4.78, 5) is 23.4. The normalized spacial score (nSPS) is 11.1. The molecule has 0 aliphatic heterocycles. The summed E-state index contributed by atoms with van der Waals surface area (Å²) in [6, 6.07) is 2.47. The van der Waals surface area contributed by atoms with Crippen LogP contribution >= 0.6 is 0 Å². The number of esters is 1. The molecule has 2 rings (SSSR count). The molecule has 0 fully saturated rings. The lowest BCUT2D eigenvalue weighted by Crippen LogP contribution is -2.07. The molecule has 0 radical (unpaired) electrons. The van der Waals surface area contributed by atoms with Crippen LogP contribution in [-0.2, 0) is 4.74 Å². The second kappa shape index (κ2) is 5.08. The number of phenolic OH excluding ortho intramolecular Hbond substituents is 1. The van der Waals surface area contributed by atoms with E-state index in [1.807, 2.05) is 0 Å². The molecule has 0 unspecified atom stereocenters. The van der Waals surface area contributed by atoms with E-state index in [4.69, 9.17) is 4.42 Å². The summed E-state index contributed by atoms with van der Waals surface area (Å²) in [6.07, 6.45) is 2.89. The number of rotatable bonds is 2. The molecule has 1 aromatic heterocycles. The van der Waals surface area contributed by atoms with E-state index in [0.717, 1.165) is 0 Å². The van der Waals surface area contributed by atoms with Crippen molar-refractivity contribution >= 4 is 23.0 Å². The van der Waals surface area contributed by atoms with Crippen molar-refractivity contribution < 1.29 is 24.2 Å². The first-order valence-electron chi connectivity index (χ1n) is 5.74. The number of aromatic hydroxyl groups is 2. The predicted octanol–water partition coefficient (Wildman–Crippen LogP) is 2.02. The summed E-state index contributed by atoms with van der Waals surface area (Å²) in [5, 5.41) is 19.8. The Labute approximate surface area is 113 Å². The second-order valence-corrected chi connectivity index (χ2v) is 3.98. The van der Waals surface area contributed by atoms with Gasteiger partial charge in [-0.15, -0.1) is 0 Å². The van der Waals surface area contributed by atoms with Crippen LogP contribution in [0.3, 0.4) is 0 Å². The average molecular weight is 276 g/mol. The number of fused-ring (bicyclic) bond motifs is 1. The van der Waals surface area contributed by atoms with Gasteiger partial charge >= 0.3 is 11.6 Å². The molecular formula is C14H12O6. The smallest absolute Gasteiger partial charge is 0.347 e. The van der Waals surface area contributed by atoms with Crippen LogP contribution in [0, 0.1) is 0 Å². The van der Waals surface area contributed by atoms with Crippen molar-refractivity contribution in [2.24, 2.45) is 0 Å². The van der Waals surface area contributed by atoms with Gasteiger partial charge in [0.05, 0.1) is 18.1 Å². The Bertz CT molecular complexity index is 769. The van der Waals surface area contributed by atoms with E-state index in [0.29, 0.717) is 0 Å². The van der Waals surface area contributed by atoms with Crippen LogP contribution in [0.15, 0.2) is 27.4 Å². The zero-order chi connectivity index (χ0) is 14.9. The van der Waals surface area contributed by atoms with E-state index in [9.17, 15) is 19.8 Å². The quantitative estimate of drug-likeness (QED) is 0.643. The molecule has 1 heterocycles. The zero-order valence-corrected chi connectivity index (χ0v) is 10.8. The van der Waals surface area contributed by atoms with Crippen molar-refractivity contribution in [1.29, 1.82) is 0 Å². The molecule has 0 bridgehead atoms. The summed E-state index contributed by atoms with van der Waals surface area (Å²) in [5.41, 5.74) is -1.18. The fourth-order valence-electron chi connectivity index (χ4n) is 1.88. The van der Waals surface area contributed by atoms with Gasteiger partial charge < -0.3 is 19.4 Å². The third-order valence-electron chi connectivity index (χ3n) is 2.78. The number of hydrogen-bond acceptors (Lipinski definition) is 6. The van der Waals surface area contributed by atoms with Crippen molar-refractivity contribution in [3.8, 4) is 11.5 Å². The molecule has 0 aliphatic rings. The molecule has 6 nitrogen and oxygen atoms in total. The van der Waals surface area contributed by atoms with Crippen molar-refractivity contribution in [2.45, 2.75) is 6.92 Å². The highest BCUT2D eigenvalue weighted by Gasteiger charge is 2.21. The first-order chi connectivity index (χ1) is 9.51. The molecule has 0 atom stereocenters. The van der Waals surface area contributed by atoms with Crippen LogP contribution in [0.4, 0.5) is 0 Å². The third-order valence-corrected chi connectivity index (χ3v) is 2.78. The van der Waals surface area contributed by atoms with Crippen LogP contribution in [-0.4, -0.2) is 23.3 Å². The molecule has 0 spiro atoms. The lowest BCUT2D eigenvalue weighted by atomic mass is 10.0. The van der Waals surface area contributed by atoms with Crippen LogP contribution < -0.4 is 5.63 Å². The van der Waals surface area contributed by atoms with E-state index in [2.05, 4.69) is 4.74 Å². The fraction of sp³-hybridized carbons (Fsp3) is 0.143. The van der Waals surface area contributed by atoms with Crippen molar-refractivity contribution in [2.75, 3.05) is 7.11 Å². The highest BCUT2D eigenvalue weighted by Crippen LogP contribution is 2.35. The molecule has 0 saturated carbocycles. The third kappa shape index (κ3) is 2.01. The Morgan fingerprint density at radius 3 is 2.65 bits per heavy atom. The standard InChI is InChI=1S/C14H12O6/c1-3-4-8-11(16)10-7(13(17)19-2)5-6-9(15)12(10)20-14(8)18/h3-6,15-16H,1-2H3. The molecule has 2 aromatic rings. The maximum Gasteiger partial charge on any atom is 0.347 e. The molecule has 1 aromatic carbocycles. The van der Waals surface area contributed by atoms with Crippen LogP contribution in [0.5, 0.6) is 11.5 Å². The highest BCUT2D eigenvalue weighted by atomic mass is 16.5. The summed E-state index contributed by atoms with van der Waals surface area (Å²) in [7, 11) is 1.18. The van der Waals surface area contributed by atoms with Gasteiger partial charge in [-0.1, -0.05) is 6.08 Å². The Morgan fingerprint density at radius 1 is 1.35 bits per heavy atom. The Balaban J connectivity index is 2.99. The predicted molar refractivity (Wildman–Crippen MR) is 71.9 cm³/mol. The number of carbonyl (C=O) groups is 1. The van der Waals surface area contributed by atoms with E-state index < -0.39 is 17.3 Å². The lowest BCUT2D eigenvalue weighted by Gasteiger charge is -2.08. The van der Waals surface area contributed by atoms with Crippen LogP contribution in [0.1, 0.15) is 22.8 Å². The molecule has 0 saturated heterocycles. The van der Waals surface area contributed by atoms with Gasteiger partial charge in [0, 0.05) is 0 Å². The monoisotopic (exact) mass is 276 g/mol. The van der Waals surface area contributed by atoms with Gasteiger partial charge in [0.1, 0.15) is 11.3 Å². The van der Waals surface area contributed by atoms with Crippen LogP contribution in [0.25, 0.3) is 17.0 Å². The van der Waals surface area contributed by atoms with Crippen molar-refractivity contribution in [1.82, 2.24) is 0 Å². The number of benzene rings is 1. The highest BCUT2D eigenvalue weighted by molar-refractivity contribution is 6.07. The fourth-order valence-corrected chi connectivity index (χ4v) is 1.88. The molecule has 20 heavy (non-hydrogen) atoms. The number of phenols is 1. The van der Waals surface area contributed by atoms with E-state index in [-0.39, 0.29) is 27.8 Å². The van der Waals surface area contributed by atoms with Crippen LogP contribution in [0.2, 0.25) is 0 Å². The van der Waals surface area contributed by atoms with Gasteiger partial charge in [0.15, 0.2) is 11.3 Å². The molecule has 2 N–H and O–H groups in total. The summed E-state index contributed by atoms with van der Waals surface area (Å²) in [6.45, 7) is 1.66. The van der Waals surface area contributed by atoms with Crippen molar-refractivity contribution in [3.05, 3.63) is 39.8 Å². The molecule has 6 heteroatoms. The molecule has 104 valence electrons. The van der Waals surface area contributed by atoms with Crippen molar-refractivity contribution in [3.63, 3.8) is 0 Å². The number of hydrogen-bond donors (Lipinski definition) is 2. The minimum atomic E-state index is -0.814. The maximum atomic E-state index is 11.7. The number of ether oxygens (including phenoxy) is 1. The molecule has 0 amide bonds. The summed E-state index contributed by atoms with van der Waals surface area (Å²) in [5.74, 6) is -1.51. The van der Waals surface area contributed by atoms with Gasteiger partial charge in [-0.2, -0.15) is 0 Å². The lowest BCUT2D eigenvalue weighted by molar-refractivity contribution is 0.0602. The van der Waals surface area contributed by atoms with Gasteiger partial charge in [-0.25, -0.2) is 9.59 Å². The largest absolute Gasteiger partial charge is 0.506 e. The van der Waals surface area contributed by atoms with E-state index in [1.165, 1.54) is 25.3 Å². The Kier molecular flexibility index (Phi) is 3.47. The van der Waals surface area contributed by atoms with E-state index >= 15 is 0 Å². The zero-order valence-electron chi connectivity index (χ0n) is 10.8. The summed E-state index contributed by atoms with van der Waals surface area (Å²) < 4.78 is 9.57. The Hall–Kier alpha value is -2.76.